The number of nitrogens with one attached hydrogen (secondary N) is 1. The van der Waals surface area contributed by atoms with Crippen LogP contribution in [0.4, 0.5) is 17.3 Å². The van der Waals surface area contributed by atoms with Crippen LogP contribution < -0.4 is 20.5 Å². The predicted molar refractivity (Wildman–Crippen MR) is 125 cm³/mol. The van der Waals surface area contributed by atoms with Crippen LogP contribution in [0.5, 0.6) is 11.5 Å². The average molecular weight is 456 g/mol. The van der Waals surface area contributed by atoms with E-state index >= 15 is 0 Å². The number of para-hydroxylation sites is 1. The molecule has 0 aliphatic carbocycles. The highest BCUT2D eigenvalue weighted by Gasteiger charge is 2.19. The Morgan fingerprint density at radius 2 is 1.68 bits per heavy atom. The number of rotatable bonds is 5. The third-order valence-electron chi connectivity index (χ3n) is 4.84. The summed E-state index contributed by atoms with van der Waals surface area (Å²) in [7, 11) is 3.06. The molecule has 2 aromatic heterocycles. The zero-order valence-electron chi connectivity index (χ0n) is 17.0. The Morgan fingerprint density at radius 3 is 2.32 bits per heavy atom. The first-order chi connectivity index (χ1) is 14.9. The first kappa shape index (κ1) is 21.0. The molecule has 31 heavy (non-hydrogen) atoms. The third kappa shape index (κ3) is 3.89. The summed E-state index contributed by atoms with van der Waals surface area (Å²) < 4.78 is 10.7. The molecule has 0 aliphatic heterocycles. The highest BCUT2D eigenvalue weighted by atomic mass is 35.5. The molecule has 0 atom stereocenters. The van der Waals surface area contributed by atoms with Crippen LogP contribution in [0.3, 0.4) is 0 Å². The van der Waals surface area contributed by atoms with Gasteiger partial charge in [-0.15, -0.1) is 0 Å². The summed E-state index contributed by atoms with van der Waals surface area (Å²) in [6.07, 6.45) is 3.32. The van der Waals surface area contributed by atoms with Crippen molar-refractivity contribution in [3.63, 3.8) is 0 Å². The van der Waals surface area contributed by atoms with Crippen LogP contribution >= 0.6 is 23.2 Å². The lowest BCUT2D eigenvalue weighted by Gasteiger charge is -2.15. The maximum Gasteiger partial charge on any atom is 0.229 e. The molecule has 2 aromatic carbocycles. The summed E-state index contributed by atoms with van der Waals surface area (Å²) in [6, 6.07) is 9.17. The van der Waals surface area contributed by atoms with E-state index < -0.39 is 0 Å². The third-order valence-corrected chi connectivity index (χ3v) is 5.59. The van der Waals surface area contributed by atoms with Crippen molar-refractivity contribution >= 4 is 51.6 Å². The topological polar surface area (TPSA) is 95.2 Å². The van der Waals surface area contributed by atoms with Gasteiger partial charge in [0, 0.05) is 35.0 Å². The standard InChI is InChI=1S/C22H19Cl2N5O2/c1-11-5-4-6-14(25)20(11)28-22-27-10-13-7-12(9-26-21(13)29-22)17-18(23)15(30-2)8-16(31-3)19(17)24/h4-10H,25H2,1-3H3,(H,26,27,28,29). The van der Waals surface area contributed by atoms with E-state index in [4.69, 9.17) is 38.4 Å². The van der Waals surface area contributed by atoms with E-state index in [1.165, 1.54) is 14.2 Å². The fraction of sp³-hybridized carbons (Fsp3) is 0.136. The summed E-state index contributed by atoms with van der Waals surface area (Å²) in [5.41, 5.74) is 10.2. The van der Waals surface area contributed by atoms with Gasteiger partial charge in [-0.3, -0.25) is 0 Å². The minimum absolute atomic E-state index is 0.365. The van der Waals surface area contributed by atoms with Gasteiger partial charge in [-0.05, 0) is 24.6 Å². The molecule has 0 amide bonds. The Bertz CT molecular complexity index is 1250. The lowest BCUT2D eigenvalue weighted by Crippen LogP contribution is -2.02. The van der Waals surface area contributed by atoms with Gasteiger partial charge in [0.2, 0.25) is 5.95 Å². The zero-order valence-corrected chi connectivity index (χ0v) is 18.5. The maximum absolute atomic E-state index is 6.53. The first-order valence-electron chi connectivity index (χ1n) is 9.28. The van der Waals surface area contributed by atoms with Crippen molar-refractivity contribution in [2.24, 2.45) is 0 Å². The van der Waals surface area contributed by atoms with E-state index in [2.05, 4.69) is 20.3 Å². The van der Waals surface area contributed by atoms with Gasteiger partial charge in [-0.2, -0.15) is 4.98 Å². The number of halogens is 2. The van der Waals surface area contributed by atoms with Crippen molar-refractivity contribution in [1.82, 2.24) is 15.0 Å². The van der Waals surface area contributed by atoms with Gasteiger partial charge < -0.3 is 20.5 Å². The van der Waals surface area contributed by atoms with Crippen molar-refractivity contribution in [3.05, 3.63) is 58.3 Å². The average Bonchev–Trinajstić information content (AvgIpc) is 2.76. The minimum Gasteiger partial charge on any atom is -0.495 e. The second-order valence-corrected chi connectivity index (χ2v) is 7.53. The highest BCUT2D eigenvalue weighted by molar-refractivity contribution is 6.41. The van der Waals surface area contributed by atoms with Crippen LogP contribution in [0.15, 0.2) is 42.7 Å². The van der Waals surface area contributed by atoms with Gasteiger partial charge in [0.05, 0.1) is 35.6 Å². The largest absolute Gasteiger partial charge is 0.495 e. The molecule has 0 bridgehead atoms. The van der Waals surface area contributed by atoms with Crippen molar-refractivity contribution in [1.29, 1.82) is 0 Å². The fourth-order valence-corrected chi connectivity index (χ4v) is 3.95. The van der Waals surface area contributed by atoms with Crippen LogP contribution in [-0.4, -0.2) is 29.2 Å². The number of pyridine rings is 1. The number of nitrogen functional groups attached to an aromatic ring is 1. The second kappa shape index (κ2) is 8.45. The van der Waals surface area contributed by atoms with Crippen molar-refractivity contribution < 1.29 is 9.47 Å². The molecule has 2 heterocycles. The number of hydrogen-bond acceptors (Lipinski definition) is 7. The van der Waals surface area contributed by atoms with E-state index in [-0.39, 0.29) is 0 Å². The number of hydrogen-bond donors (Lipinski definition) is 2. The Hall–Kier alpha value is -3.29. The van der Waals surface area contributed by atoms with Crippen molar-refractivity contribution in [2.45, 2.75) is 6.92 Å². The summed E-state index contributed by atoms with van der Waals surface area (Å²) in [4.78, 5) is 13.4. The van der Waals surface area contributed by atoms with E-state index in [9.17, 15) is 0 Å². The van der Waals surface area contributed by atoms with Crippen LogP contribution in [-0.2, 0) is 0 Å². The monoisotopic (exact) mass is 455 g/mol. The van der Waals surface area contributed by atoms with Gasteiger partial charge >= 0.3 is 0 Å². The lowest BCUT2D eigenvalue weighted by atomic mass is 10.1. The molecule has 0 radical (unpaired) electrons. The van der Waals surface area contributed by atoms with E-state index in [0.717, 1.165) is 16.6 Å². The van der Waals surface area contributed by atoms with Crippen LogP contribution in [0.2, 0.25) is 10.0 Å². The molecule has 7 nitrogen and oxygen atoms in total. The number of nitrogens with zero attached hydrogens (tertiary/aromatic N) is 3. The molecule has 4 aromatic rings. The molecular weight excluding hydrogens is 437 g/mol. The normalized spacial score (nSPS) is 10.9. The summed E-state index contributed by atoms with van der Waals surface area (Å²) in [6.45, 7) is 1.96. The molecule has 0 spiro atoms. The Balaban J connectivity index is 1.76. The highest BCUT2D eigenvalue weighted by Crippen LogP contribution is 2.46. The SMILES string of the molecule is COc1cc(OC)c(Cl)c(-c2cnc3nc(Nc4c(C)cccc4N)ncc3c2)c1Cl. The zero-order chi connectivity index (χ0) is 22.1. The van der Waals surface area contributed by atoms with Crippen molar-refractivity contribution in [3.8, 4) is 22.6 Å². The molecule has 9 heteroatoms. The summed E-state index contributed by atoms with van der Waals surface area (Å²) >= 11 is 13.1. The number of methoxy groups -OCH3 is 2. The molecule has 3 N–H and O–H groups in total. The van der Waals surface area contributed by atoms with Gasteiger partial charge in [0.1, 0.15) is 11.5 Å². The number of aryl methyl sites for hydroxylation is 1. The molecule has 4 rings (SSSR count). The summed E-state index contributed by atoms with van der Waals surface area (Å²) in [5.74, 6) is 1.29. The van der Waals surface area contributed by atoms with Crippen LogP contribution in [0.1, 0.15) is 5.56 Å². The second-order valence-electron chi connectivity index (χ2n) is 6.78. The molecule has 0 unspecified atom stereocenters. The number of ether oxygens (including phenoxy) is 2. The smallest absolute Gasteiger partial charge is 0.229 e. The molecule has 0 saturated heterocycles. The molecule has 0 saturated carbocycles. The van der Waals surface area contributed by atoms with E-state index in [1.54, 1.807) is 18.5 Å². The van der Waals surface area contributed by atoms with Gasteiger partial charge in [-0.25, -0.2) is 9.97 Å². The minimum atomic E-state index is 0.365. The van der Waals surface area contributed by atoms with Gasteiger partial charge in [-0.1, -0.05) is 35.3 Å². The summed E-state index contributed by atoms with van der Waals surface area (Å²) in [5, 5.41) is 4.61. The van der Waals surface area contributed by atoms with Crippen LogP contribution in [0.25, 0.3) is 22.2 Å². The number of fused-ring (bicyclic) bond motifs is 1. The molecule has 0 aliphatic rings. The van der Waals surface area contributed by atoms with E-state index in [0.29, 0.717) is 50.0 Å². The molecular formula is C22H19Cl2N5O2. The number of anilines is 3. The fourth-order valence-electron chi connectivity index (χ4n) is 3.23. The van der Waals surface area contributed by atoms with Crippen molar-refractivity contribution in [2.75, 3.05) is 25.3 Å². The van der Waals surface area contributed by atoms with Crippen LogP contribution in [0, 0.1) is 6.92 Å². The maximum atomic E-state index is 6.53. The molecule has 158 valence electrons. The first-order valence-corrected chi connectivity index (χ1v) is 10.0. The Labute approximate surface area is 189 Å². The number of aromatic nitrogens is 3. The lowest BCUT2D eigenvalue weighted by molar-refractivity contribution is 0.395. The van der Waals surface area contributed by atoms with E-state index in [1.807, 2.05) is 31.2 Å². The quantitative estimate of drug-likeness (QED) is 0.375. The Morgan fingerprint density at radius 1 is 0.968 bits per heavy atom. The number of benzene rings is 2. The predicted octanol–water partition coefficient (Wildman–Crippen LogP) is 5.65. The van der Waals surface area contributed by atoms with Gasteiger partial charge in [0.25, 0.3) is 0 Å². The van der Waals surface area contributed by atoms with Gasteiger partial charge in [0.15, 0.2) is 5.65 Å². The number of nitrogens with two attached hydrogens (primary N) is 1. The Kier molecular flexibility index (Phi) is 5.71. The molecule has 0 fully saturated rings.